The van der Waals surface area contributed by atoms with Gasteiger partial charge < -0.3 is 20.1 Å². The average molecular weight is 290 g/mol. The Morgan fingerprint density at radius 1 is 1.43 bits per heavy atom. The molecule has 0 radical (unpaired) electrons. The predicted molar refractivity (Wildman–Crippen MR) is 81.4 cm³/mol. The number of carboxylic acid groups (broad SMARTS) is 1. The van der Waals surface area contributed by atoms with Gasteiger partial charge in [-0.2, -0.15) is 0 Å². The SMILES string of the molecule is COc1ccc2ncc(C(=O)O)c(NCC[NH+](C)C)c2c1. The van der Waals surface area contributed by atoms with E-state index < -0.39 is 5.97 Å². The van der Waals surface area contributed by atoms with E-state index in [-0.39, 0.29) is 5.56 Å². The van der Waals surface area contributed by atoms with Crippen LogP contribution in [-0.4, -0.2) is 50.4 Å². The first kappa shape index (κ1) is 15.1. The Morgan fingerprint density at radius 3 is 2.81 bits per heavy atom. The van der Waals surface area contributed by atoms with E-state index in [1.54, 1.807) is 13.2 Å². The number of carbonyl (C=O) groups is 1. The number of pyridine rings is 1. The lowest BCUT2D eigenvalue weighted by Gasteiger charge is -2.14. The molecular formula is C15H20N3O3+. The third kappa shape index (κ3) is 3.41. The number of benzene rings is 1. The lowest BCUT2D eigenvalue weighted by atomic mass is 10.1. The number of quaternary nitrogens is 1. The third-order valence-corrected chi connectivity index (χ3v) is 3.23. The minimum Gasteiger partial charge on any atom is -0.497 e. The summed E-state index contributed by atoms with van der Waals surface area (Å²) in [5, 5.41) is 13.3. The summed E-state index contributed by atoms with van der Waals surface area (Å²) in [6, 6.07) is 5.44. The van der Waals surface area contributed by atoms with Gasteiger partial charge in [-0.15, -0.1) is 0 Å². The van der Waals surface area contributed by atoms with Gasteiger partial charge in [0.15, 0.2) is 0 Å². The minimum atomic E-state index is -0.994. The number of nitrogens with zero attached hydrogens (tertiary/aromatic N) is 1. The van der Waals surface area contributed by atoms with Gasteiger partial charge >= 0.3 is 5.97 Å². The minimum absolute atomic E-state index is 0.171. The Hall–Kier alpha value is -2.34. The molecule has 0 fully saturated rings. The topological polar surface area (TPSA) is 75.9 Å². The van der Waals surface area contributed by atoms with Crippen molar-refractivity contribution in [2.24, 2.45) is 0 Å². The van der Waals surface area contributed by atoms with Crippen molar-refractivity contribution >= 4 is 22.6 Å². The molecule has 1 heterocycles. The van der Waals surface area contributed by atoms with Crippen molar-refractivity contribution in [2.75, 3.05) is 39.6 Å². The van der Waals surface area contributed by atoms with Crippen LogP contribution in [0.3, 0.4) is 0 Å². The largest absolute Gasteiger partial charge is 0.497 e. The van der Waals surface area contributed by atoms with Crippen LogP contribution in [0.5, 0.6) is 5.75 Å². The molecule has 0 aliphatic heterocycles. The molecule has 0 aliphatic carbocycles. The lowest BCUT2D eigenvalue weighted by molar-refractivity contribution is -0.856. The zero-order chi connectivity index (χ0) is 15.4. The van der Waals surface area contributed by atoms with E-state index in [2.05, 4.69) is 10.3 Å². The lowest BCUT2D eigenvalue weighted by Crippen LogP contribution is -3.06. The van der Waals surface area contributed by atoms with Gasteiger partial charge in [0.25, 0.3) is 0 Å². The fourth-order valence-corrected chi connectivity index (χ4v) is 2.09. The van der Waals surface area contributed by atoms with Crippen molar-refractivity contribution in [3.8, 4) is 5.75 Å². The standard InChI is InChI=1S/C15H19N3O3/c1-18(2)7-6-16-14-11-8-10(21-3)4-5-13(11)17-9-12(14)15(19)20/h4-5,8-9H,6-7H2,1-3H3,(H,16,17)(H,19,20)/p+1. The molecule has 0 spiro atoms. The van der Waals surface area contributed by atoms with E-state index in [4.69, 9.17) is 4.74 Å². The number of ether oxygens (including phenoxy) is 1. The van der Waals surface area contributed by atoms with Gasteiger partial charge in [0, 0.05) is 11.6 Å². The Balaban J connectivity index is 2.49. The van der Waals surface area contributed by atoms with Crippen molar-refractivity contribution < 1.29 is 19.5 Å². The van der Waals surface area contributed by atoms with Gasteiger partial charge in [-0.05, 0) is 18.2 Å². The van der Waals surface area contributed by atoms with Crippen LogP contribution < -0.4 is 15.0 Å². The fraction of sp³-hybridized carbons (Fsp3) is 0.333. The number of carboxylic acids is 1. The zero-order valence-corrected chi connectivity index (χ0v) is 12.4. The van der Waals surface area contributed by atoms with Crippen LogP contribution in [0.25, 0.3) is 10.9 Å². The maximum Gasteiger partial charge on any atom is 0.339 e. The number of hydrogen-bond acceptors (Lipinski definition) is 4. The maximum atomic E-state index is 11.4. The number of rotatable bonds is 6. The highest BCUT2D eigenvalue weighted by atomic mass is 16.5. The molecule has 1 aromatic heterocycles. The van der Waals surface area contributed by atoms with Gasteiger partial charge in [0.2, 0.25) is 0 Å². The molecule has 112 valence electrons. The van der Waals surface area contributed by atoms with Gasteiger partial charge in [-0.25, -0.2) is 4.79 Å². The highest BCUT2D eigenvalue weighted by molar-refractivity contribution is 6.04. The highest BCUT2D eigenvalue weighted by Crippen LogP contribution is 2.29. The summed E-state index contributed by atoms with van der Waals surface area (Å²) in [5.41, 5.74) is 1.50. The molecular weight excluding hydrogens is 270 g/mol. The second-order valence-electron chi connectivity index (χ2n) is 5.12. The number of likely N-dealkylation sites (N-methyl/N-ethyl adjacent to an activating group) is 1. The average Bonchev–Trinajstić information content (AvgIpc) is 2.46. The van der Waals surface area contributed by atoms with E-state index in [1.807, 2.05) is 26.2 Å². The van der Waals surface area contributed by atoms with Crippen LogP contribution in [0.2, 0.25) is 0 Å². The van der Waals surface area contributed by atoms with Crippen molar-refractivity contribution in [3.63, 3.8) is 0 Å². The molecule has 6 heteroatoms. The Morgan fingerprint density at radius 2 is 2.19 bits per heavy atom. The second kappa shape index (κ2) is 6.41. The summed E-state index contributed by atoms with van der Waals surface area (Å²) in [6.07, 6.45) is 1.39. The predicted octanol–water partition coefficient (Wildman–Crippen LogP) is 0.498. The highest BCUT2D eigenvalue weighted by Gasteiger charge is 2.15. The number of hydrogen-bond donors (Lipinski definition) is 3. The van der Waals surface area contributed by atoms with Crippen LogP contribution in [0.15, 0.2) is 24.4 Å². The third-order valence-electron chi connectivity index (χ3n) is 3.23. The van der Waals surface area contributed by atoms with Gasteiger partial charge in [0.1, 0.15) is 11.3 Å². The smallest absolute Gasteiger partial charge is 0.339 e. The van der Waals surface area contributed by atoms with Crippen molar-refractivity contribution in [1.82, 2.24) is 4.98 Å². The Labute approximate surface area is 123 Å². The molecule has 2 rings (SSSR count). The summed E-state index contributed by atoms with van der Waals surface area (Å²) in [5.74, 6) is -0.319. The summed E-state index contributed by atoms with van der Waals surface area (Å²) in [6.45, 7) is 1.56. The van der Waals surface area contributed by atoms with Crippen molar-refractivity contribution in [3.05, 3.63) is 30.0 Å². The first-order valence-electron chi connectivity index (χ1n) is 6.76. The van der Waals surface area contributed by atoms with Gasteiger partial charge in [-0.1, -0.05) is 0 Å². The van der Waals surface area contributed by atoms with Gasteiger partial charge in [0.05, 0.1) is 45.5 Å². The summed E-state index contributed by atoms with van der Waals surface area (Å²) in [4.78, 5) is 16.9. The Bertz CT molecular complexity index is 656. The van der Waals surface area contributed by atoms with Crippen LogP contribution in [0, 0.1) is 0 Å². The molecule has 0 aliphatic rings. The molecule has 0 bridgehead atoms. The molecule has 0 unspecified atom stereocenters. The number of aromatic carboxylic acids is 1. The van der Waals surface area contributed by atoms with E-state index in [1.165, 1.54) is 11.1 Å². The number of anilines is 1. The molecule has 0 atom stereocenters. The van der Waals surface area contributed by atoms with E-state index in [0.717, 1.165) is 17.4 Å². The normalized spacial score (nSPS) is 10.9. The monoisotopic (exact) mass is 290 g/mol. The Kier molecular flexibility index (Phi) is 4.59. The number of methoxy groups -OCH3 is 1. The zero-order valence-electron chi connectivity index (χ0n) is 12.4. The fourth-order valence-electron chi connectivity index (χ4n) is 2.09. The number of nitrogens with one attached hydrogen (secondary N) is 2. The summed E-state index contributed by atoms with van der Waals surface area (Å²) < 4.78 is 5.21. The maximum absolute atomic E-state index is 11.4. The van der Waals surface area contributed by atoms with E-state index >= 15 is 0 Å². The molecule has 1 aromatic carbocycles. The van der Waals surface area contributed by atoms with Crippen LogP contribution in [0.4, 0.5) is 5.69 Å². The van der Waals surface area contributed by atoms with Gasteiger partial charge in [-0.3, -0.25) is 4.98 Å². The number of fused-ring (bicyclic) bond motifs is 1. The quantitative estimate of drug-likeness (QED) is 0.722. The van der Waals surface area contributed by atoms with Crippen molar-refractivity contribution in [1.29, 1.82) is 0 Å². The summed E-state index contributed by atoms with van der Waals surface area (Å²) >= 11 is 0. The first-order chi connectivity index (χ1) is 10.0. The molecule has 0 saturated carbocycles. The molecule has 21 heavy (non-hydrogen) atoms. The molecule has 3 N–H and O–H groups in total. The first-order valence-corrected chi connectivity index (χ1v) is 6.76. The van der Waals surface area contributed by atoms with E-state index in [9.17, 15) is 9.90 Å². The van der Waals surface area contributed by atoms with E-state index in [0.29, 0.717) is 18.0 Å². The van der Waals surface area contributed by atoms with Crippen LogP contribution in [-0.2, 0) is 0 Å². The summed E-state index contributed by atoms with van der Waals surface area (Å²) in [7, 11) is 5.68. The van der Waals surface area contributed by atoms with Crippen molar-refractivity contribution in [2.45, 2.75) is 0 Å². The van der Waals surface area contributed by atoms with Crippen LogP contribution in [0.1, 0.15) is 10.4 Å². The number of aromatic nitrogens is 1. The molecule has 0 amide bonds. The molecule has 6 nitrogen and oxygen atoms in total. The molecule has 2 aromatic rings. The second-order valence-corrected chi connectivity index (χ2v) is 5.12. The van der Waals surface area contributed by atoms with Crippen LogP contribution >= 0.6 is 0 Å². The molecule has 0 saturated heterocycles.